The van der Waals surface area contributed by atoms with Gasteiger partial charge in [0.1, 0.15) is 11.5 Å². The molecule has 0 amide bonds. The van der Waals surface area contributed by atoms with Gasteiger partial charge in [0.05, 0.1) is 13.0 Å². The molecule has 0 aliphatic heterocycles. The highest BCUT2D eigenvalue weighted by Crippen LogP contribution is 1.98. The van der Waals surface area contributed by atoms with Gasteiger partial charge in [-0.3, -0.25) is 19.4 Å². The largest absolute Gasteiger partial charge is 0.468 e. The van der Waals surface area contributed by atoms with Crippen molar-refractivity contribution in [3.05, 3.63) is 30.1 Å². The second-order valence-electron chi connectivity index (χ2n) is 3.07. The highest BCUT2D eigenvalue weighted by atomic mass is 16.5. The second-order valence-corrected chi connectivity index (χ2v) is 3.07. The van der Waals surface area contributed by atoms with E-state index in [0.29, 0.717) is 18.8 Å². The van der Waals surface area contributed by atoms with Gasteiger partial charge in [-0.2, -0.15) is 0 Å². The first-order valence-electron chi connectivity index (χ1n) is 5.10. The summed E-state index contributed by atoms with van der Waals surface area (Å²) in [7, 11) is 0. The Kier molecular flexibility index (Phi) is 8.10. The van der Waals surface area contributed by atoms with Crippen LogP contribution in [0.1, 0.15) is 30.8 Å². The number of hydrogen-bond donors (Lipinski definition) is 0. The molecule has 0 aromatic carbocycles. The van der Waals surface area contributed by atoms with Crippen LogP contribution in [-0.4, -0.2) is 29.6 Å². The van der Waals surface area contributed by atoms with Crippen LogP contribution < -0.4 is 0 Å². The predicted molar refractivity (Wildman–Crippen MR) is 61.6 cm³/mol. The van der Waals surface area contributed by atoms with Crippen molar-refractivity contribution in [1.29, 1.82) is 0 Å². The Labute approximate surface area is 99.8 Å². The molecule has 0 spiro atoms. The van der Waals surface area contributed by atoms with Crippen molar-refractivity contribution in [3.8, 4) is 0 Å². The van der Waals surface area contributed by atoms with Gasteiger partial charge in [-0.15, -0.1) is 0 Å². The predicted octanol–water partition coefficient (Wildman–Crippen LogP) is 1.42. The smallest absolute Gasteiger partial charge is 0.293 e. The fourth-order valence-electron chi connectivity index (χ4n) is 0.912. The zero-order chi connectivity index (χ0) is 13.1. The highest BCUT2D eigenvalue weighted by Gasteiger charge is 2.08. The third-order valence-corrected chi connectivity index (χ3v) is 1.59. The first-order chi connectivity index (χ1) is 8.11. The molecule has 92 valence electrons. The van der Waals surface area contributed by atoms with Crippen LogP contribution in [0.5, 0.6) is 0 Å². The normalized spacial score (nSPS) is 8.59. The quantitative estimate of drug-likeness (QED) is 0.440. The minimum atomic E-state index is -0.219. The molecule has 5 nitrogen and oxygen atoms in total. The third-order valence-electron chi connectivity index (χ3n) is 1.59. The van der Waals surface area contributed by atoms with Gasteiger partial charge in [0.25, 0.3) is 6.47 Å². The lowest BCUT2D eigenvalue weighted by Crippen LogP contribution is -2.06. The van der Waals surface area contributed by atoms with E-state index in [0.717, 1.165) is 0 Å². The Morgan fingerprint density at radius 1 is 1.41 bits per heavy atom. The molecule has 0 saturated heterocycles. The number of ether oxygens (including phenoxy) is 1. The maximum absolute atomic E-state index is 11.2. The van der Waals surface area contributed by atoms with Crippen molar-refractivity contribution in [2.75, 3.05) is 6.61 Å². The maximum atomic E-state index is 11.2. The van der Waals surface area contributed by atoms with Crippen molar-refractivity contribution in [1.82, 2.24) is 4.98 Å². The number of Topliss-reactive ketones (excluding diaryl/α,β-unsaturated/α-hetero) is 2. The lowest BCUT2D eigenvalue weighted by atomic mass is 10.1. The van der Waals surface area contributed by atoms with Gasteiger partial charge in [-0.1, -0.05) is 6.07 Å². The van der Waals surface area contributed by atoms with Crippen LogP contribution in [-0.2, 0) is 14.3 Å². The van der Waals surface area contributed by atoms with E-state index in [1.54, 1.807) is 25.1 Å². The Hall–Kier alpha value is -2.04. The van der Waals surface area contributed by atoms with Crippen molar-refractivity contribution in [2.45, 2.75) is 20.3 Å². The molecule has 0 saturated carbocycles. The molecular formula is C12H15NO4. The average molecular weight is 237 g/mol. The van der Waals surface area contributed by atoms with Crippen LogP contribution in [0, 0.1) is 0 Å². The maximum Gasteiger partial charge on any atom is 0.293 e. The summed E-state index contributed by atoms with van der Waals surface area (Å²) >= 11 is 0. The van der Waals surface area contributed by atoms with E-state index >= 15 is 0 Å². The monoisotopic (exact) mass is 237 g/mol. The van der Waals surface area contributed by atoms with Crippen molar-refractivity contribution >= 4 is 18.0 Å². The number of carbonyl (C=O) groups is 3. The van der Waals surface area contributed by atoms with E-state index in [9.17, 15) is 14.4 Å². The van der Waals surface area contributed by atoms with E-state index in [1.165, 1.54) is 13.1 Å². The minimum Gasteiger partial charge on any atom is -0.468 e. The Balaban J connectivity index is 0.000000437. The number of aromatic nitrogens is 1. The Morgan fingerprint density at radius 2 is 2.12 bits per heavy atom. The molecule has 0 radical (unpaired) electrons. The zero-order valence-corrected chi connectivity index (χ0v) is 9.88. The van der Waals surface area contributed by atoms with Gasteiger partial charge in [-0.25, -0.2) is 0 Å². The summed E-state index contributed by atoms with van der Waals surface area (Å²) in [6.45, 7) is 4.05. The second kappa shape index (κ2) is 9.21. The molecule has 1 aromatic heterocycles. The molecule has 0 aliphatic rings. The molecule has 0 N–H and O–H groups in total. The number of pyridine rings is 1. The summed E-state index contributed by atoms with van der Waals surface area (Å²) in [6.07, 6.45) is 1.48. The van der Waals surface area contributed by atoms with E-state index in [-0.39, 0.29) is 18.0 Å². The summed E-state index contributed by atoms with van der Waals surface area (Å²) < 4.78 is 4.15. The van der Waals surface area contributed by atoms with Crippen LogP contribution in [0.2, 0.25) is 0 Å². The lowest BCUT2D eigenvalue weighted by Gasteiger charge is -1.94. The average Bonchev–Trinajstić information content (AvgIpc) is 2.31. The summed E-state index contributed by atoms with van der Waals surface area (Å²) in [5.74, 6) is -0.353. The van der Waals surface area contributed by atoms with Crippen LogP contribution in [0.15, 0.2) is 24.4 Å². The molecule has 0 atom stereocenters. The number of carbonyl (C=O) groups excluding carboxylic acids is 3. The molecule has 0 bridgehead atoms. The molecule has 1 heterocycles. The Morgan fingerprint density at radius 3 is 2.47 bits per heavy atom. The minimum absolute atomic E-state index is 0.0585. The fourth-order valence-corrected chi connectivity index (χ4v) is 0.912. The van der Waals surface area contributed by atoms with E-state index < -0.39 is 0 Å². The number of ketones is 2. The molecule has 5 heteroatoms. The van der Waals surface area contributed by atoms with Crippen molar-refractivity contribution < 1.29 is 19.1 Å². The lowest BCUT2D eigenvalue weighted by molar-refractivity contribution is -0.128. The molecule has 0 fully saturated rings. The van der Waals surface area contributed by atoms with Gasteiger partial charge in [0, 0.05) is 6.20 Å². The number of rotatable bonds is 5. The SMILES string of the molecule is CC(=O)CC(=O)c1ccccn1.CCOC=O. The standard InChI is InChI=1S/C9H9NO2.C3H6O2/c1-7(11)6-9(12)8-4-2-3-5-10-8;1-2-5-3-4/h2-5H,6H2,1H3;3H,2H2,1H3. The van der Waals surface area contributed by atoms with Gasteiger partial charge in [-0.05, 0) is 26.0 Å². The van der Waals surface area contributed by atoms with E-state index in [4.69, 9.17) is 0 Å². The fraction of sp³-hybridized carbons (Fsp3) is 0.333. The molecule has 0 unspecified atom stereocenters. The number of nitrogens with zero attached hydrogens (tertiary/aromatic N) is 1. The molecular weight excluding hydrogens is 222 g/mol. The Bertz CT molecular complexity index is 362. The van der Waals surface area contributed by atoms with Crippen LogP contribution in [0.4, 0.5) is 0 Å². The molecule has 1 aromatic rings. The van der Waals surface area contributed by atoms with Crippen molar-refractivity contribution in [2.24, 2.45) is 0 Å². The van der Waals surface area contributed by atoms with E-state index in [1.807, 2.05) is 0 Å². The van der Waals surface area contributed by atoms with Gasteiger partial charge in [0.15, 0.2) is 5.78 Å². The molecule has 17 heavy (non-hydrogen) atoms. The summed E-state index contributed by atoms with van der Waals surface area (Å²) in [5, 5.41) is 0. The van der Waals surface area contributed by atoms with Gasteiger partial charge < -0.3 is 4.74 Å². The number of hydrogen-bond acceptors (Lipinski definition) is 5. The highest BCUT2D eigenvalue weighted by molar-refractivity contribution is 6.06. The zero-order valence-electron chi connectivity index (χ0n) is 9.88. The van der Waals surface area contributed by atoms with Gasteiger partial charge in [0.2, 0.25) is 0 Å². The summed E-state index contributed by atoms with van der Waals surface area (Å²) in [4.78, 5) is 34.8. The molecule has 0 aliphatic carbocycles. The van der Waals surface area contributed by atoms with Crippen molar-refractivity contribution in [3.63, 3.8) is 0 Å². The van der Waals surface area contributed by atoms with E-state index in [2.05, 4.69) is 9.72 Å². The van der Waals surface area contributed by atoms with Crippen LogP contribution >= 0.6 is 0 Å². The third kappa shape index (κ3) is 7.84. The summed E-state index contributed by atoms with van der Waals surface area (Å²) in [5.41, 5.74) is 0.354. The topological polar surface area (TPSA) is 73.3 Å². The molecule has 1 rings (SSSR count). The summed E-state index contributed by atoms with van der Waals surface area (Å²) in [6, 6.07) is 5.05. The first-order valence-corrected chi connectivity index (χ1v) is 5.10. The van der Waals surface area contributed by atoms with Gasteiger partial charge >= 0.3 is 0 Å². The van der Waals surface area contributed by atoms with Crippen LogP contribution in [0.25, 0.3) is 0 Å². The van der Waals surface area contributed by atoms with Crippen LogP contribution in [0.3, 0.4) is 0 Å². The first kappa shape index (κ1) is 15.0.